The van der Waals surface area contributed by atoms with Crippen molar-refractivity contribution in [2.75, 3.05) is 25.1 Å². The van der Waals surface area contributed by atoms with Crippen molar-refractivity contribution < 1.29 is 0 Å². The van der Waals surface area contributed by atoms with E-state index in [-0.39, 0.29) is 0 Å². The molecule has 82 valence electrons. The van der Waals surface area contributed by atoms with Crippen LogP contribution in [0, 0.1) is 5.92 Å². The highest BCUT2D eigenvalue weighted by molar-refractivity contribution is 7.98. The first-order valence-electron chi connectivity index (χ1n) is 5.42. The van der Waals surface area contributed by atoms with Gasteiger partial charge in [0.2, 0.25) is 0 Å². The normalized spacial score (nSPS) is 20.7. The van der Waals surface area contributed by atoms with Gasteiger partial charge >= 0.3 is 0 Å². The van der Waals surface area contributed by atoms with E-state index >= 15 is 0 Å². The van der Waals surface area contributed by atoms with Crippen molar-refractivity contribution in [2.45, 2.75) is 17.7 Å². The molecule has 0 saturated carbocycles. The van der Waals surface area contributed by atoms with Crippen LogP contribution in [0.5, 0.6) is 0 Å². The number of nitrogens with two attached hydrogens (primary N) is 1. The van der Waals surface area contributed by atoms with E-state index in [9.17, 15) is 0 Å². The number of anilines is 1. The Bertz CT molecular complexity index is 332. The van der Waals surface area contributed by atoms with Gasteiger partial charge < -0.3 is 11.1 Å². The quantitative estimate of drug-likeness (QED) is 0.608. The highest BCUT2D eigenvalue weighted by Crippen LogP contribution is 2.25. The van der Waals surface area contributed by atoms with Crippen molar-refractivity contribution >= 4 is 17.4 Å². The van der Waals surface area contributed by atoms with Gasteiger partial charge in [0.25, 0.3) is 0 Å². The number of thioether (sulfide) groups is 1. The van der Waals surface area contributed by atoms with Gasteiger partial charge in [-0.2, -0.15) is 0 Å². The number of rotatable bonds is 3. The van der Waals surface area contributed by atoms with E-state index in [1.54, 1.807) is 11.8 Å². The van der Waals surface area contributed by atoms with Crippen LogP contribution in [-0.4, -0.2) is 19.3 Å². The largest absolute Gasteiger partial charge is 0.398 e. The molecule has 1 atom stereocenters. The number of hydrogen-bond donors (Lipinski definition) is 2. The van der Waals surface area contributed by atoms with E-state index in [1.807, 2.05) is 6.07 Å². The summed E-state index contributed by atoms with van der Waals surface area (Å²) in [7, 11) is 0. The molecule has 0 amide bonds. The van der Waals surface area contributed by atoms with Crippen molar-refractivity contribution in [2.24, 2.45) is 5.92 Å². The predicted molar refractivity (Wildman–Crippen MR) is 67.3 cm³/mol. The van der Waals surface area contributed by atoms with Crippen molar-refractivity contribution in [3.63, 3.8) is 0 Å². The Morgan fingerprint density at radius 2 is 2.40 bits per heavy atom. The fourth-order valence-electron chi connectivity index (χ4n) is 2.10. The lowest BCUT2D eigenvalue weighted by Gasteiger charge is -2.10. The number of nitrogens with one attached hydrogen (secondary N) is 1. The molecule has 3 N–H and O–H groups in total. The van der Waals surface area contributed by atoms with Crippen molar-refractivity contribution in [3.8, 4) is 0 Å². The molecule has 2 rings (SSSR count). The number of nitrogen functional groups attached to an aromatic ring is 1. The average molecular weight is 222 g/mol. The Balaban J connectivity index is 2.07. The van der Waals surface area contributed by atoms with Gasteiger partial charge in [-0.05, 0) is 55.8 Å². The van der Waals surface area contributed by atoms with Crippen LogP contribution in [-0.2, 0) is 6.42 Å². The molecule has 1 unspecified atom stereocenters. The molecule has 0 spiro atoms. The zero-order valence-electron chi connectivity index (χ0n) is 9.12. The monoisotopic (exact) mass is 222 g/mol. The first kappa shape index (κ1) is 10.8. The number of hydrogen-bond acceptors (Lipinski definition) is 3. The lowest BCUT2D eigenvalue weighted by molar-refractivity contribution is 0.580. The van der Waals surface area contributed by atoms with Gasteiger partial charge in [0, 0.05) is 10.6 Å². The molecule has 1 heterocycles. The third-order valence-corrected chi connectivity index (χ3v) is 3.78. The molecule has 0 aromatic heterocycles. The molecule has 1 aliphatic rings. The Morgan fingerprint density at radius 3 is 3.07 bits per heavy atom. The van der Waals surface area contributed by atoms with Crippen LogP contribution in [0.4, 0.5) is 5.69 Å². The summed E-state index contributed by atoms with van der Waals surface area (Å²) in [5, 5.41) is 3.40. The van der Waals surface area contributed by atoms with Crippen molar-refractivity contribution in [1.82, 2.24) is 5.32 Å². The molecule has 2 nitrogen and oxygen atoms in total. The average Bonchev–Trinajstić information content (AvgIpc) is 2.73. The fourth-order valence-corrected chi connectivity index (χ4v) is 2.68. The minimum absolute atomic E-state index is 0.809. The van der Waals surface area contributed by atoms with Gasteiger partial charge in [0.05, 0.1) is 0 Å². The van der Waals surface area contributed by atoms with E-state index in [0.29, 0.717) is 0 Å². The molecule has 15 heavy (non-hydrogen) atoms. The summed E-state index contributed by atoms with van der Waals surface area (Å²) >= 11 is 1.73. The highest BCUT2D eigenvalue weighted by atomic mass is 32.2. The summed E-state index contributed by atoms with van der Waals surface area (Å²) in [6.07, 6.45) is 4.56. The summed E-state index contributed by atoms with van der Waals surface area (Å²) in [6, 6.07) is 6.43. The van der Waals surface area contributed by atoms with Crippen LogP contribution in [0.1, 0.15) is 12.0 Å². The highest BCUT2D eigenvalue weighted by Gasteiger charge is 2.15. The molecule has 1 saturated heterocycles. The van der Waals surface area contributed by atoms with Gasteiger partial charge in [0.15, 0.2) is 0 Å². The smallest absolute Gasteiger partial charge is 0.0452 e. The van der Waals surface area contributed by atoms with E-state index in [2.05, 4.69) is 23.7 Å². The predicted octanol–water partition coefficient (Wildman–Crippen LogP) is 2.14. The van der Waals surface area contributed by atoms with Gasteiger partial charge in [0.1, 0.15) is 0 Å². The second-order valence-corrected chi connectivity index (χ2v) is 4.99. The van der Waals surface area contributed by atoms with Gasteiger partial charge in [-0.25, -0.2) is 0 Å². The topological polar surface area (TPSA) is 38.0 Å². The summed E-state index contributed by atoms with van der Waals surface area (Å²) in [5.41, 5.74) is 8.19. The maximum atomic E-state index is 5.87. The van der Waals surface area contributed by atoms with E-state index < -0.39 is 0 Å². The van der Waals surface area contributed by atoms with Crippen LogP contribution in [0.25, 0.3) is 0 Å². The second-order valence-electron chi connectivity index (χ2n) is 4.14. The van der Waals surface area contributed by atoms with Gasteiger partial charge in [-0.3, -0.25) is 0 Å². The fraction of sp³-hybridized carbons (Fsp3) is 0.500. The van der Waals surface area contributed by atoms with Crippen LogP contribution >= 0.6 is 11.8 Å². The Hall–Kier alpha value is -0.670. The van der Waals surface area contributed by atoms with Crippen molar-refractivity contribution in [3.05, 3.63) is 23.8 Å². The summed E-state index contributed by atoms with van der Waals surface area (Å²) in [5.74, 6) is 0.809. The molecule has 1 aromatic carbocycles. The maximum Gasteiger partial charge on any atom is 0.0452 e. The first-order chi connectivity index (χ1) is 7.29. The Labute approximate surface area is 95.6 Å². The van der Waals surface area contributed by atoms with Gasteiger partial charge in [-0.15, -0.1) is 11.8 Å². The molecular formula is C12H18N2S. The zero-order chi connectivity index (χ0) is 10.7. The first-order valence-corrected chi connectivity index (χ1v) is 6.65. The Kier molecular flexibility index (Phi) is 3.54. The molecule has 0 aliphatic carbocycles. The standard InChI is InChI=1S/C12H18N2S/c1-15-12-7-9(2-3-11(12)13)6-10-4-5-14-8-10/h2-3,7,10,14H,4-6,8,13H2,1H3. The Morgan fingerprint density at radius 1 is 1.53 bits per heavy atom. The van der Waals surface area contributed by atoms with Crippen LogP contribution < -0.4 is 11.1 Å². The van der Waals surface area contributed by atoms with E-state index in [1.165, 1.54) is 36.4 Å². The van der Waals surface area contributed by atoms with Crippen LogP contribution in [0.15, 0.2) is 23.1 Å². The minimum Gasteiger partial charge on any atom is -0.398 e. The molecular weight excluding hydrogens is 204 g/mol. The summed E-state index contributed by atoms with van der Waals surface area (Å²) < 4.78 is 0. The molecule has 1 fully saturated rings. The van der Waals surface area contributed by atoms with Gasteiger partial charge in [-0.1, -0.05) is 6.07 Å². The number of benzene rings is 1. The van der Waals surface area contributed by atoms with E-state index in [4.69, 9.17) is 5.73 Å². The third-order valence-electron chi connectivity index (χ3n) is 2.98. The molecule has 1 aliphatic heterocycles. The van der Waals surface area contributed by atoms with Crippen LogP contribution in [0.3, 0.4) is 0 Å². The molecule has 1 aromatic rings. The molecule has 0 bridgehead atoms. The van der Waals surface area contributed by atoms with E-state index in [0.717, 1.165) is 11.6 Å². The second kappa shape index (κ2) is 4.90. The molecule has 3 heteroatoms. The lowest BCUT2D eigenvalue weighted by Crippen LogP contribution is -2.10. The minimum atomic E-state index is 0.809. The van der Waals surface area contributed by atoms with Crippen molar-refractivity contribution in [1.29, 1.82) is 0 Å². The summed E-state index contributed by atoms with van der Waals surface area (Å²) in [6.45, 7) is 2.34. The summed E-state index contributed by atoms with van der Waals surface area (Å²) in [4.78, 5) is 1.21. The lowest BCUT2D eigenvalue weighted by atomic mass is 9.98. The van der Waals surface area contributed by atoms with Crippen LogP contribution in [0.2, 0.25) is 0 Å². The third kappa shape index (κ3) is 2.67. The zero-order valence-corrected chi connectivity index (χ0v) is 9.94. The molecule has 0 radical (unpaired) electrons. The SMILES string of the molecule is CSc1cc(CC2CCNC2)ccc1N. The maximum absolute atomic E-state index is 5.87.